The van der Waals surface area contributed by atoms with E-state index in [-0.39, 0.29) is 31.5 Å². The van der Waals surface area contributed by atoms with Crippen LogP contribution in [-0.4, -0.2) is 39.8 Å². The highest BCUT2D eigenvalue weighted by molar-refractivity contribution is 6.13. The molecule has 30 heavy (non-hydrogen) atoms. The van der Waals surface area contributed by atoms with Crippen molar-refractivity contribution in [2.75, 3.05) is 5.32 Å². The number of amidine groups is 1. The molecule has 0 heterocycles. The molecule has 2 aromatic carbocycles. The van der Waals surface area contributed by atoms with Crippen molar-refractivity contribution in [2.45, 2.75) is 25.7 Å². The Morgan fingerprint density at radius 3 is 1.93 bits per heavy atom. The second-order valence-corrected chi connectivity index (χ2v) is 6.23. The maximum Gasteiger partial charge on any atom is 0.303 e. The number of nitrogens with one attached hydrogen (secondary N) is 2. The molecule has 0 saturated heterocycles. The molecular weight excluding hydrogens is 390 g/mol. The first kappa shape index (κ1) is 22.3. The molecule has 0 aliphatic heterocycles. The fraction of sp³-hybridized carbons (Fsp3) is 0.190. The molecule has 9 nitrogen and oxygen atoms in total. The van der Waals surface area contributed by atoms with E-state index in [9.17, 15) is 19.2 Å². The summed E-state index contributed by atoms with van der Waals surface area (Å²) in [5.74, 6) is -3.10. The van der Waals surface area contributed by atoms with E-state index in [0.717, 1.165) is 0 Å². The minimum atomic E-state index is -1.10. The number of anilines is 1. The van der Waals surface area contributed by atoms with E-state index in [0.29, 0.717) is 16.9 Å². The Morgan fingerprint density at radius 2 is 1.30 bits per heavy atom. The molecular formula is C21H21N3O6. The zero-order chi connectivity index (χ0) is 21.9. The highest BCUT2D eigenvalue weighted by Gasteiger charge is 2.16. The standard InChI is InChI=1S/C21H21N3O6/c25-17(10-12-19(27)28)23-16-9-5-4-8-15(16)21(22-14-6-2-1-3-7-14)24-18(26)11-13-20(29)30/h1-9H,10-13H2,(H,23,25)(H,27,28)(H,29,30)(H,22,24,26). The van der Waals surface area contributed by atoms with Crippen LogP contribution in [0.2, 0.25) is 0 Å². The van der Waals surface area contributed by atoms with Gasteiger partial charge in [0.15, 0.2) is 0 Å². The van der Waals surface area contributed by atoms with Gasteiger partial charge in [0.2, 0.25) is 11.8 Å². The van der Waals surface area contributed by atoms with Gasteiger partial charge in [-0.1, -0.05) is 30.3 Å². The number of hydrogen-bond acceptors (Lipinski definition) is 5. The van der Waals surface area contributed by atoms with E-state index in [1.807, 2.05) is 0 Å². The molecule has 0 bridgehead atoms. The van der Waals surface area contributed by atoms with Crippen LogP contribution in [0.5, 0.6) is 0 Å². The first-order valence-electron chi connectivity index (χ1n) is 9.11. The molecule has 4 N–H and O–H groups in total. The maximum absolute atomic E-state index is 12.2. The smallest absolute Gasteiger partial charge is 0.303 e. The van der Waals surface area contributed by atoms with Crippen molar-refractivity contribution in [3.63, 3.8) is 0 Å². The van der Waals surface area contributed by atoms with Crippen LogP contribution >= 0.6 is 0 Å². The summed E-state index contributed by atoms with van der Waals surface area (Å²) in [5, 5.41) is 22.7. The van der Waals surface area contributed by atoms with Gasteiger partial charge in [-0.05, 0) is 24.3 Å². The third-order valence-corrected chi connectivity index (χ3v) is 3.84. The molecule has 0 radical (unpaired) electrons. The van der Waals surface area contributed by atoms with Gasteiger partial charge in [0.1, 0.15) is 5.84 Å². The number of aliphatic carboxylic acids is 2. The molecule has 0 saturated carbocycles. The van der Waals surface area contributed by atoms with E-state index >= 15 is 0 Å². The van der Waals surface area contributed by atoms with Crippen molar-refractivity contribution in [2.24, 2.45) is 4.99 Å². The van der Waals surface area contributed by atoms with Crippen molar-refractivity contribution in [1.29, 1.82) is 0 Å². The predicted octanol–water partition coefficient (Wildman–Crippen LogP) is 2.55. The highest BCUT2D eigenvalue weighted by atomic mass is 16.4. The number of carboxylic acids is 2. The number of amides is 2. The van der Waals surface area contributed by atoms with Gasteiger partial charge >= 0.3 is 11.9 Å². The first-order chi connectivity index (χ1) is 14.3. The number of carboxylic acid groups (broad SMARTS) is 2. The Bertz CT molecular complexity index is 956. The summed E-state index contributed by atoms with van der Waals surface area (Å²) in [4.78, 5) is 50.2. The number of nitrogens with zero attached hydrogens (tertiary/aromatic N) is 1. The number of aliphatic imine (C=N–C) groups is 1. The summed E-state index contributed by atoms with van der Waals surface area (Å²) in [6.07, 6.45) is -1.10. The molecule has 0 aromatic heterocycles. The summed E-state index contributed by atoms with van der Waals surface area (Å²) >= 11 is 0. The Labute approximate surface area is 172 Å². The summed E-state index contributed by atoms with van der Waals surface area (Å²) in [7, 11) is 0. The summed E-state index contributed by atoms with van der Waals surface area (Å²) in [5.41, 5.74) is 1.27. The number of carbonyl (C=O) groups is 4. The van der Waals surface area contributed by atoms with Gasteiger partial charge in [0.25, 0.3) is 0 Å². The third kappa shape index (κ3) is 7.55. The zero-order valence-electron chi connectivity index (χ0n) is 16.0. The zero-order valence-corrected chi connectivity index (χ0v) is 16.0. The molecule has 156 valence electrons. The lowest BCUT2D eigenvalue weighted by molar-refractivity contribution is -0.139. The minimum Gasteiger partial charge on any atom is -0.481 e. The normalized spacial score (nSPS) is 10.9. The van der Waals surface area contributed by atoms with Gasteiger partial charge in [0.05, 0.1) is 24.2 Å². The maximum atomic E-state index is 12.2. The molecule has 9 heteroatoms. The Kier molecular flexibility index (Phi) is 8.25. The largest absolute Gasteiger partial charge is 0.481 e. The van der Waals surface area contributed by atoms with E-state index in [1.54, 1.807) is 54.6 Å². The predicted molar refractivity (Wildman–Crippen MR) is 110 cm³/mol. The lowest BCUT2D eigenvalue weighted by Gasteiger charge is -2.14. The Balaban J connectivity index is 2.32. The van der Waals surface area contributed by atoms with E-state index < -0.39 is 23.8 Å². The van der Waals surface area contributed by atoms with Crippen LogP contribution in [0.4, 0.5) is 11.4 Å². The molecule has 0 spiro atoms. The second-order valence-electron chi connectivity index (χ2n) is 6.23. The fourth-order valence-corrected chi connectivity index (χ4v) is 2.43. The number of rotatable bonds is 9. The molecule has 0 fully saturated rings. The molecule has 2 aromatic rings. The van der Waals surface area contributed by atoms with E-state index in [1.165, 1.54) is 0 Å². The van der Waals surface area contributed by atoms with Crippen molar-refractivity contribution in [3.05, 3.63) is 60.2 Å². The molecule has 0 aliphatic carbocycles. The van der Waals surface area contributed by atoms with Crippen LogP contribution in [0.25, 0.3) is 0 Å². The minimum absolute atomic E-state index is 0.130. The monoisotopic (exact) mass is 411 g/mol. The number of benzene rings is 2. The average Bonchev–Trinajstić information content (AvgIpc) is 2.71. The molecule has 0 atom stereocenters. The van der Waals surface area contributed by atoms with Crippen LogP contribution in [0.1, 0.15) is 31.2 Å². The number of carbonyl (C=O) groups excluding carboxylic acids is 2. The van der Waals surface area contributed by atoms with Gasteiger partial charge in [0, 0.05) is 18.4 Å². The highest BCUT2D eigenvalue weighted by Crippen LogP contribution is 2.19. The number of hydrogen-bond donors (Lipinski definition) is 4. The van der Waals surface area contributed by atoms with Crippen LogP contribution in [0.15, 0.2) is 59.6 Å². The van der Waals surface area contributed by atoms with E-state index in [4.69, 9.17) is 10.2 Å². The lowest BCUT2D eigenvalue weighted by atomic mass is 10.1. The van der Waals surface area contributed by atoms with Gasteiger partial charge < -0.3 is 20.8 Å². The summed E-state index contributed by atoms with van der Waals surface area (Å²) < 4.78 is 0. The summed E-state index contributed by atoms with van der Waals surface area (Å²) in [6.45, 7) is 0. The molecule has 0 unspecified atom stereocenters. The van der Waals surface area contributed by atoms with Gasteiger partial charge in [-0.3, -0.25) is 19.2 Å². The fourth-order valence-electron chi connectivity index (χ4n) is 2.43. The van der Waals surface area contributed by atoms with Gasteiger partial charge in [-0.25, -0.2) is 4.99 Å². The Hall–Kier alpha value is -4.01. The summed E-state index contributed by atoms with van der Waals surface area (Å²) in [6, 6.07) is 15.4. The van der Waals surface area contributed by atoms with Crippen LogP contribution in [0.3, 0.4) is 0 Å². The first-order valence-corrected chi connectivity index (χ1v) is 9.11. The topological polar surface area (TPSA) is 145 Å². The van der Waals surface area contributed by atoms with Gasteiger partial charge in [-0.15, -0.1) is 0 Å². The SMILES string of the molecule is O=C(O)CCC(=O)NC(=Nc1ccccc1)c1ccccc1NC(=O)CCC(=O)O. The third-order valence-electron chi connectivity index (χ3n) is 3.84. The second kappa shape index (κ2) is 11.1. The molecule has 2 amide bonds. The van der Waals surface area contributed by atoms with Crippen molar-refractivity contribution in [3.8, 4) is 0 Å². The van der Waals surface area contributed by atoms with E-state index in [2.05, 4.69) is 15.6 Å². The average molecular weight is 411 g/mol. The molecule has 2 rings (SSSR count). The van der Waals surface area contributed by atoms with Gasteiger partial charge in [-0.2, -0.15) is 0 Å². The lowest BCUT2D eigenvalue weighted by Crippen LogP contribution is -2.32. The van der Waals surface area contributed by atoms with Crippen molar-refractivity contribution >= 4 is 41.0 Å². The quantitative estimate of drug-likeness (QED) is 0.368. The number of para-hydroxylation sites is 2. The molecule has 0 aliphatic rings. The van der Waals surface area contributed by atoms with Crippen molar-refractivity contribution in [1.82, 2.24) is 5.32 Å². The van der Waals surface area contributed by atoms with Crippen LogP contribution in [0, 0.1) is 0 Å². The van der Waals surface area contributed by atoms with Crippen molar-refractivity contribution < 1.29 is 29.4 Å². The van der Waals surface area contributed by atoms with Crippen LogP contribution in [-0.2, 0) is 19.2 Å². The Morgan fingerprint density at radius 1 is 0.733 bits per heavy atom. The van der Waals surface area contributed by atoms with Crippen LogP contribution < -0.4 is 10.6 Å².